The fraction of sp³-hybridized carbons (Fsp3) is 0.250. The van der Waals surface area contributed by atoms with Gasteiger partial charge in [-0.15, -0.1) is 10.2 Å². The highest BCUT2D eigenvalue weighted by atomic mass is 16.6. The lowest BCUT2D eigenvalue weighted by molar-refractivity contribution is 0.0556. The molecule has 98 valence electrons. The smallest absolute Gasteiger partial charge is 0.396 e. The van der Waals surface area contributed by atoms with E-state index in [9.17, 15) is 4.79 Å². The van der Waals surface area contributed by atoms with Crippen molar-refractivity contribution in [3.63, 3.8) is 0 Å². The van der Waals surface area contributed by atoms with Crippen LogP contribution in [-0.2, 0) is 4.74 Å². The Bertz CT molecular complexity index is 622. The van der Waals surface area contributed by atoms with E-state index in [0.717, 1.165) is 0 Å². The number of nitrogens with zero attached hydrogens (tertiary/aromatic N) is 2. The van der Waals surface area contributed by atoms with E-state index in [0.29, 0.717) is 30.3 Å². The quantitative estimate of drug-likeness (QED) is 0.754. The molecule has 2 aromatic rings. The molecule has 0 aliphatic carbocycles. The third kappa shape index (κ3) is 2.10. The topological polar surface area (TPSA) is 83.7 Å². The van der Waals surface area contributed by atoms with Crippen molar-refractivity contribution >= 4 is 5.97 Å². The van der Waals surface area contributed by atoms with Crippen molar-refractivity contribution in [2.45, 2.75) is 0 Å². The van der Waals surface area contributed by atoms with Gasteiger partial charge < -0.3 is 18.6 Å². The average Bonchev–Trinajstić information content (AvgIpc) is 2.95. The van der Waals surface area contributed by atoms with Crippen LogP contribution in [0, 0.1) is 0 Å². The van der Waals surface area contributed by atoms with Gasteiger partial charge >= 0.3 is 11.9 Å². The van der Waals surface area contributed by atoms with Crippen LogP contribution in [0.15, 0.2) is 22.6 Å². The predicted octanol–water partition coefficient (Wildman–Crippen LogP) is 1.29. The monoisotopic (exact) mass is 262 g/mol. The Morgan fingerprint density at radius 2 is 2.00 bits per heavy atom. The number of rotatable bonds is 2. The van der Waals surface area contributed by atoms with Crippen molar-refractivity contribution in [1.29, 1.82) is 0 Å². The van der Waals surface area contributed by atoms with E-state index < -0.39 is 5.97 Å². The van der Waals surface area contributed by atoms with Crippen LogP contribution in [0.3, 0.4) is 0 Å². The van der Waals surface area contributed by atoms with Crippen molar-refractivity contribution in [3.05, 3.63) is 24.1 Å². The average molecular weight is 262 g/mol. The van der Waals surface area contributed by atoms with E-state index in [2.05, 4.69) is 14.9 Å². The number of ether oxygens (including phenoxy) is 3. The van der Waals surface area contributed by atoms with Gasteiger partial charge in [-0.05, 0) is 18.2 Å². The molecule has 1 aromatic carbocycles. The number of esters is 1. The minimum Gasteiger partial charge on any atom is -0.486 e. The Labute approximate surface area is 108 Å². The van der Waals surface area contributed by atoms with E-state index in [-0.39, 0.29) is 11.8 Å². The SMILES string of the molecule is COC(=O)c1nnc(-c2ccc3c(c2)OCCO3)o1. The number of methoxy groups -OCH3 is 1. The van der Waals surface area contributed by atoms with Gasteiger partial charge in [0.05, 0.1) is 7.11 Å². The molecule has 19 heavy (non-hydrogen) atoms. The van der Waals surface area contributed by atoms with E-state index in [4.69, 9.17) is 13.9 Å². The second-order valence-electron chi connectivity index (χ2n) is 3.76. The molecular weight excluding hydrogens is 252 g/mol. The fourth-order valence-corrected chi connectivity index (χ4v) is 1.69. The molecule has 0 saturated heterocycles. The number of fused-ring (bicyclic) bond motifs is 1. The number of carbonyl (C=O) groups excluding carboxylic acids is 1. The largest absolute Gasteiger partial charge is 0.486 e. The Kier molecular flexibility index (Phi) is 2.79. The van der Waals surface area contributed by atoms with Crippen molar-refractivity contribution in [2.24, 2.45) is 0 Å². The summed E-state index contributed by atoms with van der Waals surface area (Å²) in [6.07, 6.45) is 0. The number of benzene rings is 1. The molecule has 0 bridgehead atoms. The first kappa shape index (κ1) is 11.5. The van der Waals surface area contributed by atoms with Gasteiger partial charge in [0.1, 0.15) is 13.2 Å². The zero-order chi connectivity index (χ0) is 13.2. The molecule has 1 aliphatic rings. The maximum Gasteiger partial charge on any atom is 0.396 e. The lowest BCUT2D eigenvalue weighted by Gasteiger charge is -2.18. The van der Waals surface area contributed by atoms with E-state index in [1.807, 2.05) is 0 Å². The summed E-state index contributed by atoms with van der Waals surface area (Å²) in [7, 11) is 1.25. The van der Waals surface area contributed by atoms with Gasteiger partial charge in [-0.3, -0.25) is 0 Å². The summed E-state index contributed by atoms with van der Waals surface area (Å²) in [6.45, 7) is 1.02. The first-order chi connectivity index (χ1) is 9.28. The third-order valence-corrected chi connectivity index (χ3v) is 2.57. The van der Waals surface area contributed by atoms with Crippen molar-refractivity contribution < 1.29 is 23.4 Å². The second kappa shape index (κ2) is 4.60. The standard InChI is InChI=1S/C12H10N2O5/c1-16-12(15)11-14-13-10(19-11)7-2-3-8-9(6-7)18-5-4-17-8/h2-3,6H,4-5H2,1H3. The molecule has 1 aliphatic heterocycles. The molecule has 7 nitrogen and oxygen atoms in total. The van der Waals surface area contributed by atoms with Crippen LogP contribution in [0.25, 0.3) is 11.5 Å². The maximum atomic E-state index is 11.2. The summed E-state index contributed by atoms with van der Waals surface area (Å²) in [5.41, 5.74) is 0.645. The first-order valence-corrected chi connectivity index (χ1v) is 5.60. The van der Waals surface area contributed by atoms with Gasteiger partial charge in [0.25, 0.3) is 0 Å². The second-order valence-corrected chi connectivity index (χ2v) is 3.76. The lowest BCUT2D eigenvalue weighted by atomic mass is 10.2. The zero-order valence-corrected chi connectivity index (χ0v) is 10.1. The van der Waals surface area contributed by atoms with Crippen molar-refractivity contribution in [3.8, 4) is 23.0 Å². The minimum absolute atomic E-state index is 0.188. The van der Waals surface area contributed by atoms with Crippen LogP contribution in [-0.4, -0.2) is 36.5 Å². The highest BCUT2D eigenvalue weighted by Crippen LogP contribution is 2.34. The molecule has 0 N–H and O–H groups in total. The van der Waals surface area contributed by atoms with Gasteiger partial charge in [-0.25, -0.2) is 4.79 Å². The van der Waals surface area contributed by atoms with Crippen molar-refractivity contribution in [2.75, 3.05) is 20.3 Å². The zero-order valence-electron chi connectivity index (χ0n) is 10.1. The summed E-state index contributed by atoms with van der Waals surface area (Å²) in [4.78, 5) is 11.2. The molecule has 0 spiro atoms. The van der Waals surface area contributed by atoms with E-state index in [1.54, 1.807) is 18.2 Å². The van der Waals surface area contributed by atoms with Gasteiger partial charge in [0.2, 0.25) is 5.89 Å². The molecule has 0 saturated carbocycles. The Hall–Kier alpha value is -2.57. The summed E-state index contributed by atoms with van der Waals surface area (Å²) in [6, 6.07) is 5.23. The lowest BCUT2D eigenvalue weighted by Crippen LogP contribution is -2.15. The minimum atomic E-state index is -0.670. The highest BCUT2D eigenvalue weighted by molar-refractivity contribution is 5.84. The maximum absolute atomic E-state index is 11.2. The normalized spacial score (nSPS) is 13.1. The van der Waals surface area contributed by atoms with Gasteiger partial charge in [-0.2, -0.15) is 0 Å². The molecule has 0 unspecified atom stereocenters. The fourth-order valence-electron chi connectivity index (χ4n) is 1.69. The summed E-state index contributed by atoms with van der Waals surface area (Å²) in [5, 5.41) is 7.40. The van der Waals surface area contributed by atoms with Crippen LogP contribution >= 0.6 is 0 Å². The first-order valence-electron chi connectivity index (χ1n) is 5.60. The van der Waals surface area contributed by atoms with E-state index >= 15 is 0 Å². The molecule has 0 atom stereocenters. The molecule has 3 rings (SSSR count). The molecule has 0 radical (unpaired) electrons. The van der Waals surface area contributed by atoms with Crippen LogP contribution in [0.4, 0.5) is 0 Å². The van der Waals surface area contributed by atoms with Crippen LogP contribution in [0.5, 0.6) is 11.5 Å². The number of hydrogen-bond acceptors (Lipinski definition) is 7. The molecule has 2 heterocycles. The Morgan fingerprint density at radius 3 is 2.79 bits per heavy atom. The molecule has 0 fully saturated rings. The Balaban J connectivity index is 1.93. The van der Waals surface area contributed by atoms with E-state index in [1.165, 1.54) is 7.11 Å². The van der Waals surface area contributed by atoms with Crippen LogP contribution in [0.2, 0.25) is 0 Å². The number of aromatic nitrogens is 2. The summed E-state index contributed by atoms with van der Waals surface area (Å²) < 4.78 is 20.6. The molecule has 7 heteroatoms. The number of hydrogen-bond donors (Lipinski definition) is 0. The number of carbonyl (C=O) groups is 1. The molecular formula is C12H10N2O5. The summed E-state index contributed by atoms with van der Waals surface area (Å²) in [5.74, 6) is 0.644. The third-order valence-electron chi connectivity index (χ3n) is 2.57. The molecule has 0 amide bonds. The van der Waals surface area contributed by atoms with Gasteiger partial charge in [0.15, 0.2) is 11.5 Å². The van der Waals surface area contributed by atoms with Gasteiger partial charge in [-0.1, -0.05) is 0 Å². The van der Waals surface area contributed by atoms with Crippen molar-refractivity contribution in [1.82, 2.24) is 10.2 Å². The molecule has 1 aromatic heterocycles. The van der Waals surface area contributed by atoms with Crippen LogP contribution < -0.4 is 9.47 Å². The Morgan fingerprint density at radius 1 is 1.21 bits per heavy atom. The van der Waals surface area contributed by atoms with Crippen LogP contribution in [0.1, 0.15) is 10.7 Å². The summed E-state index contributed by atoms with van der Waals surface area (Å²) >= 11 is 0. The van der Waals surface area contributed by atoms with Gasteiger partial charge in [0, 0.05) is 5.56 Å². The predicted molar refractivity (Wildman–Crippen MR) is 62.1 cm³/mol. The highest BCUT2D eigenvalue weighted by Gasteiger charge is 2.18.